The number of hydrogen-bond acceptors (Lipinski definition) is 5. The number of carbonyl (C=O) groups is 1. The van der Waals surface area contributed by atoms with Crippen LogP contribution in [0.2, 0.25) is 0 Å². The van der Waals surface area contributed by atoms with Crippen molar-refractivity contribution in [2.24, 2.45) is 0 Å². The third-order valence-electron chi connectivity index (χ3n) is 5.99. The highest BCUT2D eigenvalue weighted by molar-refractivity contribution is 7.89. The van der Waals surface area contributed by atoms with Crippen LogP contribution in [0.4, 0.5) is 0 Å². The van der Waals surface area contributed by atoms with Crippen molar-refractivity contribution >= 4 is 15.9 Å². The second kappa shape index (κ2) is 9.22. The predicted molar refractivity (Wildman–Crippen MR) is 121 cm³/mol. The van der Waals surface area contributed by atoms with Gasteiger partial charge in [0.05, 0.1) is 16.6 Å². The van der Waals surface area contributed by atoms with Crippen molar-refractivity contribution in [2.75, 3.05) is 20.1 Å². The largest absolute Gasteiger partial charge is 0.335 e. The zero-order chi connectivity index (χ0) is 22.7. The molecule has 3 aromatic rings. The van der Waals surface area contributed by atoms with E-state index in [1.807, 2.05) is 31.2 Å². The van der Waals surface area contributed by atoms with Gasteiger partial charge in [0.1, 0.15) is 12.7 Å². The summed E-state index contributed by atoms with van der Waals surface area (Å²) < 4.78 is 29.2. The van der Waals surface area contributed by atoms with Crippen LogP contribution in [0.3, 0.4) is 0 Å². The lowest BCUT2D eigenvalue weighted by Crippen LogP contribution is -2.35. The molecule has 168 valence electrons. The van der Waals surface area contributed by atoms with E-state index in [0.29, 0.717) is 18.7 Å². The Morgan fingerprint density at radius 2 is 1.78 bits per heavy atom. The van der Waals surface area contributed by atoms with E-state index >= 15 is 0 Å². The summed E-state index contributed by atoms with van der Waals surface area (Å²) in [5.41, 5.74) is 2.20. The fraction of sp³-hybridized carbons (Fsp3) is 0.348. The normalized spacial score (nSPS) is 15.9. The maximum atomic E-state index is 13.2. The summed E-state index contributed by atoms with van der Waals surface area (Å²) in [6.45, 7) is 3.00. The van der Waals surface area contributed by atoms with E-state index in [1.165, 1.54) is 16.7 Å². The Morgan fingerprint density at radius 1 is 1.06 bits per heavy atom. The van der Waals surface area contributed by atoms with Crippen LogP contribution in [0.15, 0.2) is 66.1 Å². The SMILES string of the molecule is CC(c1ccc(-n2cncn2)cc1)N(C)C(=O)c1cccc(S(=O)(=O)N2CCCCC2)c1. The standard InChI is InChI=1S/C23H27N5O3S/c1-18(19-9-11-21(12-10-19)28-17-24-16-25-28)26(2)23(29)20-7-6-8-22(15-20)32(30,31)27-13-4-3-5-14-27/h6-12,15-18H,3-5,13-14H2,1-2H3. The molecule has 1 fully saturated rings. The van der Waals surface area contributed by atoms with E-state index in [9.17, 15) is 13.2 Å². The molecule has 0 saturated carbocycles. The van der Waals surface area contributed by atoms with Gasteiger partial charge in [-0.05, 0) is 55.7 Å². The van der Waals surface area contributed by atoms with Gasteiger partial charge in [-0.25, -0.2) is 18.1 Å². The van der Waals surface area contributed by atoms with Crippen LogP contribution in [0.25, 0.3) is 5.69 Å². The predicted octanol–water partition coefficient (Wildman–Crippen LogP) is 3.28. The number of hydrogen-bond donors (Lipinski definition) is 0. The van der Waals surface area contributed by atoms with Crippen LogP contribution < -0.4 is 0 Å². The molecule has 0 radical (unpaired) electrons. The maximum Gasteiger partial charge on any atom is 0.254 e. The summed E-state index contributed by atoms with van der Waals surface area (Å²) in [5, 5.41) is 4.11. The molecule has 0 N–H and O–H groups in total. The number of amides is 1. The highest BCUT2D eigenvalue weighted by Gasteiger charge is 2.27. The van der Waals surface area contributed by atoms with Gasteiger partial charge in [0.25, 0.3) is 5.91 Å². The first kappa shape index (κ1) is 22.2. The van der Waals surface area contributed by atoms with Crippen molar-refractivity contribution in [1.29, 1.82) is 0 Å². The van der Waals surface area contributed by atoms with Crippen molar-refractivity contribution in [3.05, 3.63) is 72.3 Å². The first-order valence-corrected chi connectivity index (χ1v) is 12.1. The first-order valence-electron chi connectivity index (χ1n) is 10.7. The van der Waals surface area contributed by atoms with Crippen LogP contribution in [0.5, 0.6) is 0 Å². The molecular weight excluding hydrogens is 426 g/mol. The monoisotopic (exact) mass is 453 g/mol. The van der Waals surface area contributed by atoms with Crippen LogP contribution in [-0.2, 0) is 10.0 Å². The summed E-state index contributed by atoms with van der Waals surface area (Å²) >= 11 is 0. The van der Waals surface area contributed by atoms with E-state index in [4.69, 9.17) is 0 Å². The summed E-state index contributed by atoms with van der Waals surface area (Å²) in [6.07, 6.45) is 5.89. The number of nitrogens with zero attached hydrogens (tertiary/aromatic N) is 5. The van der Waals surface area contributed by atoms with Gasteiger partial charge in [-0.2, -0.15) is 9.40 Å². The van der Waals surface area contributed by atoms with Gasteiger partial charge in [-0.1, -0.05) is 24.6 Å². The number of carbonyl (C=O) groups excluding carboxylic acids is 1. The average molecular weight is 454 g/mol. The highest BCUT2D eigenvalue weighted by Crippen LogP contribution is 2.25. The van der Waals surface area contributed by atoms with Gasteiger partial charge < -0.3 is 4.90 Å². The zero-order valence-electron chi connectivity index (χ0n) is 18.3. The lowest BCUT2D eigenvalue weighted by molar-refractivity contribution is 0.0742. The molecule has 1 aromatic heterocycles. The number of rotatable bonds is 6. The first-order chi connectivity index (χ1) is 15.4. The molecule has 1 atom stereocenters. The van der Waals surface area contributed by atoms with E-state index in [0.717, 1.165) is 30.5 Å². The average Bonchev–Trinajstić information content (AvgIpc) is 3.38. The van der Waals surface area contributed by atoms with Crippen molar-refractivity contribution in [1.82, 2.24) is 24.0 Å². The molecule has 1 amide bonds. The maximum absolute atomic E-state index is 13.2. The van der Waals surface area contributed by atoms with Gasteiger partial charge in [-0.15, -0.1) is 0 Å². The molecule has 2 heterocycles. The van der Waals surface area contributed by atoms with Gasteiger partial charge >= 0.3 is 0 Å². The second-order valence-corrected chi connectivity index (χ2v) is 9.95. The topological polar surface area (TPSA) is 88.4 Å². The van der Waals surface area contributed by atoms with E-state index in [-0.39, 0.29) is 16.8 Å². The van der Waals surface area contributed by atoms with Gasteiger partial charge in [0, 0.05) is 25.7 Å². The lowest BCUT2D eigenvalue weighted by atomic mass is 10.1. The van der Waals surface area contributed by atoms with Crippen molar-refractivity contribution in [3.8, 4) is 5.69 Å². The fourth-order valence-electron chi connectivity index (χ4n) is 3.89. The molecule has 1 saturated heterocycles. The molecule has 0 bridgehead atoms. The second-order valence-electron chi connectivity index (χ2n) is 8.02. The van der Waals surface area contributed by atoms with Crippen LogP contribution in [-0.4, -0.2) is 58.4 Å². The number of aromatic nitrogens is 3. The van der Waals surface area contributed by atoms with E-state index in [2.05, 4.69) is 10.1 Å². The molecule has 9 heteroatoms. The smallest absolute Gasteiger partial charge is 0.254 e. The minimum Gasteiger partial charge on any atom is -0.335 e. The summed E-state index contributed by atoms with van der Waals surface area (Å²) in [7, 11) is -1.87. The van der Waals surface area contributed by atoms with Crippen molar-refractivity contribution < 1.29 is 13.2 Å². The summed E-state index contributed by atoms with van der Waals surface area (Å²) in [5.74, 6) is -0.228. The Labute approximate surface area is 188 Å². The fourth-order valence-corrected chi connectivity index (χ4v) is 5.46. The lowest BCUT2D eigenvalue weighted by Gasteiger charge is -2.27. The van der Waals surface area contributed by atoms with Crippen LogP contribution in [0, 0.1) is 0 Å². The molecular formula is C23H27N5O3S. The van der Waals surface area contributed by atoms with Gasteiger partial charge in [-0.3, -0.25) is 4.79 Å². The van der Waals surface area contributed by atoms with Crippen LogP contribution in [0.1, 0.15) is 48.1 Å². The van der Waals surface area contributed by atoms with E-state index < -0.39 is 10.0 Å². The number of piperidine rings is 1. The Hall–Kier alpha value is -3.04. The van der Waals surface area contributed by atoms with Crippen molar-refractivity contribution in [3.63, 3.8) is 0 Å². The third-order valence-corrected chi connectivity index (χ3v) is 7.89. The highest BCUT2D eigenvalue weighted by atomic mass is 32.2. The van der Waals surface area contributed by atoms with Crippen LogP contribution >= 0.6 is 0 Å². The number of benzene rings is 2. The summed E-state index contributed by atoms with van der Waals surface area (Å²) in [6, 6.07) is 13.9. The van der Waals surface area contributed by atoms with Gasteiger partial charge in [0.15, 0.2) is 0 Å². The molecule has 4 rings (SSSR count). The number of sulfonamides is 1. The Balaban J connectivity index is 1.51. The zero-order valence-corrected chi connectivity index (χ0v) is 19.1. The molecule has 32 heavy (non-hydrogen) atoms. The molecule has 0 spiro atoms. The minimum absolute atomic E-state index is 0.170. The van der Waals surface area contributed by atoms with E-state index in [1.54, 1.807) is 41.2 Å². The molecule has 1 aliphatic rings. The quantitative estimate of drug-likeness (QED) is 0.572. The molecule has 1 unspecified atom stereocenters. The minimum atomic E-state index is -3.59. The Morgan fingerprint density at radius 3 is 2.44 bits per heavy atom. The molecule has 2 aromatic carbocycles. The molecule has 0 aliphatic carbocycles. The Bertz CT molecular complexity index is 1170. The van der Waals surface area contributed by atoms with Crippen molar-refractivity contribution in [2.45, 2.75) is 37.1 Å². The Kier molecular flexibility index (Phi) is 6.38. The third kappa shape index (κ3) is 4.44. The molecule has 8 nitrogen and oxygen atoms in total. The van der Waals surface area contributed by atoms with Gasteiger partial charge in [0.2, 0.25) is 10.0 Å². The molecule has 1 aliphatic heterocycles. The summed E-state index contributed by atoms with van der Waals surface area (Å²) in [4.78, 5) is 18.9.